The van der Waals surface area contributed by atoms with E-state index in [1.165, 1.54) is 0 Å². The number of methoxy groups -OCH3 is 1. The van der Waals surface area contributed by atoms with Gasteiger partial charge in [0.1, 0.15) is 5.54 Å². The van der Waals surface area contributed by atoms with Gasteiger partial charge in [0, 0.05) is 13.7 Å². The van der Waals surface area contributed by atoms with Crippen molar-refractivity contribution in [1.82, 2.24) is 5.32 Å². The monoisotopic (exact) mass is 375 g/mol. The van der Waals surface area contributed by atoms with Crippen molar-refractivity contribution in [3.8, 4) is 0 Å². The maximum absolute atomic E-state index is 13.0. The topological polar surface area (TPSA) is 66.0 Å². The molecule has 3 rings (SSSR count). The molecule has 1 aliphatic heterocycles. The molecule has 0 saturated heterocycles. The Labute approximate surface area is 160 Å². The Balaban J connectivity index is 1.99. The lowest BCUT2D eigenvalue weighted by atomic mass is 9.79. The SMILES string of the molecule is CCOCOOC1=C(c2cc(C)ccc2C)C(=O)NC12CCC(OC)CC2. The van der Waals surface area contributed by atoms with Gasteiger partial charge in [-0.2, -0.15) is 4.89 Å². The quantitative estimate of drug-likeness (QED) is 0.342. The van der Waals surface area contributed by atoms with Crippen LogP contribution in [0.3, 0.4) is 0 Å². The standard InChI is InChI=1S/C21H29NO5/c1-5-25-13-26-27-19-18(17-12-14(2)6-7-15(17)3)20(23)22-21(19)10-8-16(24-4)9-11-21/h6-7,12,16H,5,8-11,13H2,1-4H3,(H,22,23). The van der Waals surface area contributed by atoms with E-state index in [0.717, 1.165) is 42.4 Å². The predicted molar refractivity (Wildman–Crippen MR) is 102 cm³/mol. The molecule has 1 saturated carbocycles. The third-order valence-corrected chi connectivity index (χ3v) is 5.50. The molecule has 0 bridgehead atoms. The van der Waals surface area contributed by atoms with Gasteiger partial charge in [0.2, 0.25) is 0 Å². The highest BCUT2D eigenvalue weighted by Gasteiger charge is 2.50. The van der Waals surface area contributed by atoms with Crippen LogP contribution in [0.2, 0.25) is 0 Å². The molecule has 1 spiro atoms. The molecule has 6 nitrogen and oxygen atoms in total. The molecule has 1 N–H and O–H groups in total. The number of carbonyl (C=O) groups is 1. The lowest BCUT2D eigenvalue weighted by Crippen LogP contribution is -2.48. The first-order valence-electron chi connectivity index (χ1n) is 9.55. The van der Waals surface area contributed by atoms with Crippen LogP contribution in [0.15, 0.2) is 24.0 Å². The van der Waals surface area contributed by atoms with Crippen molar-refractivity contribution in [2.24, 2.45) is 0 Å². The molecule has 0 unspecified atom stereocenters. The second-order valence-corrected chi connectivity index (χ2v) is 7.31. The Kier molecular flexibility index (Phi) is 6.19. The summed E-state index contributed by atoms with van der Waals surface area (Å²) < 4.78 is 10.7. The van der Waals surface area contributed by atoms with Crippen LogP contribution >= 0.6 is 0 Å². The van der Waals surface area contributed by atoms with E-state index in [9.17, 15) is 4.79 Å². The molecule has 2 aliphatic rings. The van der Waals surface area contributed by atoms with E-state index in [1.807, 2.05) is 39.0 Å². The molecule has 0 radical (unpaired) electrons. The highest BCUT2D eigenvalue weighted by atomic mass is 17.2. The summed E-state index contributed by atoms with van der Waals surface area (Å²) in [5.41, 5.74) is 3.01. The third-order valence-electron chi connectivity index (χ3n) is 5.50. The van der Waals surface area contributed by atoms with Crippen LogP contribution < -0.4 is 5.32 Å². The molecule has 1 amide bonds. The third kappa shape index (κ3) is 4.03. The summed E-state index contributed by atoms with van der Waals surface area (Å²) in [7, 11) is 1.73. The van der Waals surface area contributed by atoms with E-state index in [4.69, 9.17) is 19.2 Å². The number of hydrogen-bond donors (Lipinski definition) is 1. The first-order chi connectivity index (χ1) is 13.0. The Morgan fingerprint density at radius 2 is 1.96 bits per heavy atom. The zero-order valence-electron chi connectivity index (χ0n) is 16.6. The van der Waals surface area contributed by atoms with Gasteiger partial charge in [-0.05, 0) is 57.6 Å². The lowest BCUT2D eigenvalue weighted by molar-refractivity contribution is -0.315. The molecule has 1 fully saturated rings. The van der Waals surface area contributed by atoms with Gasteiger partial charge in [-0.3, -0.25) is 4.79 Å². The summed E-state index contributed by atoms with van der Waals surface area (Å²) in [4.78, 5) is 24.0. The van der Waals surface area contributed by atoms with Crippen molar-refractivity contribution < 1.29 is 24.0 Å². The molecule has 0 aromatic heterocycles. The van der Waals surface area contributed by atoms with Crippen LogP contribution in [0.5, 0.6) is 0 Å². The zero-order valence-corrected chi connectivity index (χ0v) is 16.6. The highest BCUT2D eigenvalue weighted by Crippen LogP contribution is 2.44. The van der Waals surface area contributed by atoms with Gasteiger partial charge in [0.15, 0.2) is 12.6 Å². The van der Waals surface area contributed by atoms with E-state index >= 15 is 0 Å². The average Bonchev–Trinajstić information content (AvgIpc) is 2.92. The van der Waals surface area contributed by atoms with Gasteiger partial charge in [-0.15, -0.1) is 0 Å². The van der Waals surface area contributed by atoms with Gasteiger partial charge in [0.25, 0.3) is 5.91 Å². The summed E-state index contributed by atoms with van der Waals surface area (Å²) in [6.07, 6.45) is 3.42. The average molecular weight is 375 g/mol. The van der Waals surface area contributed by atoms with E-state index in [2.05, 4.69) is 5.32 Å². The number of rotatable bonds is 7. The summed E-state index contributed by atoms with van der Waals surface area (Å²) >= 11 is 0. The first-order valence-corrected chi connectivity index (χ1v) is 9.55. The van der Waals surface area contributed by atoms with Gasteiger partial charge < -0.3 is 19.7 Å². The van der Waals surface area contributed by atoms with Crippen molar-refractivity contribution in [2.45, 2.75) is 58.1 Å². The number of benzene rings is 1. The van der Waals surface area contributed by atoms with Crippen LogP contribution in [-0.2, 0) is 24.0 Å². The molecule has 1 aromatic rings. The summed E-state index contributed by atoms with van der Waals surface area (Å²) in [5.74, 6) is 0.449. The van der Waals surface area contributed by atoms with Gasteiger partial charge in [0.05, 0.1) is 11.7 Å². The first kappa shape index (κ1) is 19.9. The Hall–Kier alpha value is -1.89. The largest absolute Gasteiger partial charge is 0.381 e. The predicted octanol–water partition coefficient (Wildman–Crippen LogP) is 3.41. The van der Waals surface area contributed by atoms with E-state index in [1.54, 1.807) is 7.11 Å². The minimum Gasteiger partial charge on any atom is -0.381 e. The maximum atomic E-state index is 13.0. The molecular weight excluding hydrogens is 346 g/mol. The Morgan fingerprint density at radius 1 is 1.22 bits per heavy atom. The maximum Gasteiger partial charge on any atom is 0.256 e. The van der Waals surface area contributed by atoms with Crippen molar-refractivity contribution in [1.29, 1.82) is 0 Å². The van der Waals surface area contributed by atoms with Crippen LogP contribution in [0, 0.1) is 13.8 Å². The lowest BCUT2D eigenvalue weighted by Gasteiger charge is -2.37. The van der Waals surface area contributed by atoms with Gasteiger partial charge >= 0.3 is 0 Å². The fraction of sp³-hybridized carbons (Fsp3) is 0.571. The van der Waals surface area contributed by atoms with Crippen molar-refractivity contribution in [2.75, 3.05) is 20.5 Å². The second kappa shape index (κ2) is 8.42. The number of hydrogen-bond acceptors (Lipinski definition) is 5. The molecule has 1 aromatic carbocycles. The molecule has 148 valence electrons. The zero-order chi connectivity index (χ0) is 19.4. The fourth-order valence-corrected chi connectivity index (χ4v) is 3.92. The number of amides is 1. The van der Waals surface area contributed by atoms with Crippen molar-refractivity contribution >= 4 is 11.5 Å². The molecule has 1 heterocycles. The van der Waals surface area contributed by atoms with Crippen LogP contribution in [0.4, 0.5) is 0 Å². The highest BCUT2D eigenvalue weighted by molar-refractivity contribution is 6.23. The van der Waals surface area contributed by atoms with Gasteiger partial charge in [-0.1, -0.05) is 23.8 Å². The minimum absolute atomic E-state index is 0.0189. The summed E-state index contributed by atoms with van der Waals surface area (Å²) in [5, 5.41) is 3.19. The number of ether oxygens (including phenoxy) is 2. The molecule has 1 aliphatic carbocycles. The number of nitrogens with one attached hydrogen (secondary N) is 1. The molecular formula is C21H29NO5. The number of carbonyl (C=O) groups excluding carboxylic acids is 1. The molecule has 0 atom stereocenters. The Morgan fingerprint density at radius 3 is 2.63 bits per heavy atom. The van der Waals surface area contributed by atoms with Crippen LogP contribution in [-0.4, -0.2) is 38.1 Å². The number of aryl methyl sites for hydroxylation is 2. The van der Waals surface area contributed by atoms with E-state index in [-0.39, 0.29) is 18.8 Å². The normalized spacial score (nSPS) is 25.2. The summed E-state index contributed by atoms with van der Waals surface area (Å²) in [6.45, 7) is 6.45. The second-order valence-electron chi connectivity index (χ2n) is 7.31. The minimum atomic E-state index is -0.552. The van der Waals surface area contributed by atoms with E-state index in [0.29, 0.717) is 17.9 Å². The molecule has 6 heteroatoms. The fourth-order valence-electron chi connectivity index (χ4n) is 3.92. The Bertz CT molecular complexity index is 719. The van der Waals surface area contributed by atoms with Crippen molar-refractivity contribution in [3.63, 3.8) is 0 Å². The van der Waals surface area contributed by atoms with Crippen LogP contribution in [0.1, 0.15) is 49.3 Å². The van der Waals surface area contributed by atoms with E-state index < -0.39 is 5.54 Å². The molecule has 27 heavy (non-hydrogen) atoms. The summed E-state index contributed by atoms with van der Waals surface area (Å²) in [6, 6.07) is 6.09. The van der Waals surface area contributed by atoms with Crippen LogP contribution in [0.25, 0.3) is 5.57 Å². The van der Waals surface area contributed by atoms with Gasteiger partial charge in [-0.25, -0.2) is 0 Å². The smallest absolute Gasteiger partial charge is 0.256 e. The van der Waals surface area contributed by atoms with Crippen molar-refractivity contribution in [3.05, 3.63) is 40.6 Å².